The molecular formula is C17H20N4O2. The summed E-state index contributed by atoms with van der Waals surface area (Å²) in [5, 5.41) is 10.8. The Bertz CT molecular complexity index is 778. The summed E-state index contributed by atoms with van der Waals surface area (Å²) in [6, 6.07) is 3.99. The molecule has 2 aliphatic rings. The van der Waals surface area contributed by atoms with Crippen molar-refractivity contribution >= 4 is 22.7 Å². The smallest absolute Gasteiger partial charge is 0.255 e. The van der Waals surface area contributed by atoms with Gasteiger partial charge in [-0.25, -0.2) is 0 Å². The van der Waals surface area contributed by atoms with Gasteiger partial charge in [-0.15, -0.1) is 0 Å². The Morgan fingerprint density at radius 3 is 2.87 bits per heavy atom. The van der Waals surface area contributed by atoms with Crippen LogP contribution in [0.4, 0.5) is 0 Å². The van der Waals surface area contributed by atoms with Crippen molar-refractivity contribution in [2.24, 2.45) is 5.92 Å². The van der Waals surface area contributed by atoms with Gasteiger partial charge in [0.1, 0.15) is 0 Å². The van der Waals surface area contributed by atoms with E-state index in [1.54, 1.807) is 6.20 Å². The number of nitrogens with zero attached hydrogens (tertiary/aromatic N) is 2. The molecule has 2 aromatic rings. The van der Waals surface area contributed by atoms with Gasteiger partial charge in [0.05, 0.1) is 23.3 Å². The normalized spacial score (nSPS) is 20.4. The number of hydrogen-bond donors (Lipinski definition) is 2. The minimum atomic E-state index is 0.0337. The molecule has 1 aromatic heterocycles. The lowest BCUT2D eigenvalue weighted by Gasteiger charge is -2.41. The van der Waals surface area contributed by atoms with Crippen LogP contribution in [0.2, 0.25) is 0 Å². The van der Waals surface area contributed by atoms with Crippen molar-refractivity contribution in [2.75, 3.05) is 13.1 Å². The van der Waals surface area contributed by atoms with Crippen LogP contribution in [0.25, 0.3) is 10.9 Å². The fourth-order valence-corrected chi connectivity index (χ4v) is 3.18. The molecule has 4 rings (SSSR count). The summed E-state index contributed by atoms with van der Waals surface area (Å²) in [5.74, 6) is 0.380. The highest BCUT2D eigenvalue weighted by Gasteiger charge is 2.36. The molecule has 2 heterocycles. The zero-order chi connectivity index (χ0) is 16.0. The highest BCUT2D eigenvalue weighted by atomic mass is 16.2. The van der Waals surface area contributed by atoms with Crippen LogP contribution in [0.3, 0.4) is 0 Å². The minimum absolute atomic E-state index is 0.0337. The van der Waals surface area contributed by atoms with E-state index in [1.807, 2.05) is 24.0 Å². The largest absolute Gasteiger partial charge is 0.354 e. The Labute approximate surface area is 134 Å². The van der Waals surface area contributed by atoms with E-state index in [0.717, 1.165) is 47.8 Å². The Kier molecular flexibility index (Phi) is 3.32. The van der Waals surface area contributed by atoms with Gasteiger partial charge in [0, 0.05) is 24.4 Å². The first kappa shape index (κ1) is 14.2. The number of aryl methyl sites for hydroxylation is 1. The quantitative estimate of drug-likeness (QED) is 0.900. The van der Waals surface area contributed by atoms with Gasteiger partial charge < -0.3 is 10.2 Å². The Hall–Kier alpha value is -2.37. The number of fused-ring (bicyclic) bond motifs is 1. The van der Waals surface area contributed by atoms with E-state index in [0.29, 0.717) is 6.54 Å². The number of likely N-dealkylation sites (tertiary alicyclic amines) is 1. The van der Waals surface area contributed by atoms with Gasteiger partial charge in [-0.05, 0) is 37.8 Å². The van der Waals surface area contributed by atoms with Gasteiger partial charge in [-0.1, -0.05) is 6.07 Å². The first-order valence-electron chi connectivity index (χ1n) is 8.16. The van der Waals surface area contributed by atoms with Crippen LogP contribution in [0.1, 0.15) is 35.2 Å². The van der Waals surface area contributed by atoms with Crippen LogP contribution in [-0.4, -0.2) is 46.0 Å². The number of H-pyrrole nitrogens is 1. The van der Waals surface area contributed by atoms with Crippen molar-refractivity contribution in [3.8, 4) is 0 Å². The first-order valence-corrected chi connectivity index (χ1v) is 8.16. The van der Waals surface area contributed by atoms with Gasteiger partial charge in [0.15, 0.2) is 0 Å². The summed E-state index contributed by atoms with van der Waals surface area (Å²) in [5.41, 5.74) is 2.55. The highest BCUT2D eigenvalue weighted by molar-refractivity contribution is 6.07. The van der Waals surface area contributed by atoms with Gasteiger partial charge >= 0.3 is 0 Å². The zero-order valence-electron chi connectivity index (χ0n) is 13.1. The summed E-state index contributed by atoms with van der Waals surface area (Å²) in [4.78, 5) is 26.6. The number of aromatic amines is 1. The maximum Gasteiger partial charge on any atom is 0.255 e. The van der Waals surface area contributed by atoms with Crippen molar-refractivity contribution in [3.05, 3.63) is 29.5 Å². The molecule has 0 bridgehead atoms. The zero-order valence-corrected chi connectivity index (χ0v) is 13.1. The van der Waals surface area contributed by atoms with Crippen molar-refractivity contribution < 1.29 is 9.59 Å². The molecule has 0 radical (unpaired) electrons. The molecular weight excluding hydrogens is 292 g/mol. The monoisotopic (exact) mass is 312 g/mol. The molecule has 1 aliphatic carbocycles. The lowest BCUT2D eigenvalue weighted by molar-refractivity contribution is -0.122. The maximum atomic E-state index is 12.9. The number of carbonyl (C=O) groups is 2. The average Bonchev–Trinajstić information content (AvgIpc) is 3.24. The van der Waals surface area contributed by atoms with Gasteiger partial charge in [-0.2, -0.15) is 5.10 Å². The van der Waals surface area contributed by atoms with Crippen molar-refractivity contribution in [3.63, 3.8) is 0 Å². The standard InChI is InChI=1S/C17H20N4O2/c1-10-2-5-14-13(9-19-20-14)15(10)17(23)21-7-6-12(21)8-18-16(22)11-3-4-11/h2,5,9,11-12H,3-4,6-8H2,1H3,(H,18,22)(H,19,20). The molecule has 1 atom stereocenters. The van der Waals surface area contributed by atoms with Gasteiger partial charge in [-0.3, -0.25) is 14.7 Å². The Balaban J connectivity index is 1.50. The molecule has 6 nitrogen and oxygen atoms in total. The van der Waals surface area contributed by atoms with Crippen molar-refractivity contribution in [2.45, 2.75) is 32.2 Å². The molecule has 1 saturated heterocycles. The third-order valence-electron chi connectivity index (χ3n) is 4.91. The molecule has 1 aliphatic heterocycles. The molecule has 6 heteroatoms. The number of hydrogen-bond acceptors (Lipinski definition) is 3. The summed E-state index contributed by atoms with van der Waals surface area (Å²) in [7, 11) is 0. The van der Waals surface area contributed by atoms with Crippen LogP contribution in [0.15, 0.2) is 18.3 Å². The third kappa shape index (κ3) is 2.48. The third-order valence-corrected chi connectivity index (χ3v) is 4.91. The summed E-state index contributed by atoms with van der Waals surface area (Å²) < 4.78 is 0. The number of rotatable bonds is 4. The maximum absolute atomic E-state index is 12.9. The molecule has 1 unspecified atom stereocenters. The van der Waals surface area contributed by atoms with E-state index in [4.69, 9.17) is 0 Å². The highest BCUT2D eigenvalue weighted by Crippen LogP contribution is 2.29. The fraction of sp³-hybridized carbons (Fsp3) is 0.471. The SMILES string of the molecule is Cc1ccc2[nH]ncc2c1C(=O)N1CCC1CNC(=O)C1CC1. The number of amides is 2. The lowest BCUT2D eigenvalue weighted by atomic mass is 9.97. The van der Waals surface area contributed by atoms with E-state index in [9.17, 15) is 9.59 Å². The minimum Gasteiger partial charge on any atom is -0.354 e. The second-order valence-corrected chi connectivity index (χ2v) is 6.55. The summed E-state index contributed by atoms with van der Waals surface area (Å²) in [6.07, 6.45) is 4.65. The van der Waals surface area contributed by atoms with Crippen LogP contribution in [0.5, 0.6) is 0 Å². The number of carbonyl (C=O) groups excluding carboxylic acids is 2. The van der Waals surface area contributed by atoms with Gasteiger partial charge in [0.2, 0.25) is 5.91 Å². The van der Waals surface area contributed by atoms with Crippen LogP contribution < -0.4 is 5.32 Å². The van der Waals surface area contributed by atoms with E-state index in [1.165, 1.54) is 0 Å². The molecule has 1 saturated carbocycles. The van der Waals surface area contributed by atoms with E-state index >= 15 is 0 Å². The Morgan fingerprint density at radius 2 is 2.17 bits per heavy atom. The number of aromatic nitrogens is 2. The first-order chi connectivity index (χ1) is 11.1. The average molecular weight is 312 g/mol. The molecule has 1 aromatic carbocycles. The van der Waals surface area contributed by atoms with Crippen molar-refractivity contribution in [1.29, 1.82) is 0 Å². The predicted octanol–water partition coefficient (Wildman–Crippen LogP) is 1.61. The predicted molar refractivity (Wildman–Crippen MR) is 86.0 cm³/mol. The Morgan fingerprint density at radius 1 is 1.35 bits per heavy atom. The van der Waals surface area contributed by atoms with Crippen molar-refractivity contribution in [1.82, 2.24) is 20.4 Å². The fourth-order valence-electron chi connectivity index (χ4n) is 3.18. The van der Waals surface area contributed by atoms with E-state index in [2.05, 4.69) is 15.5 Å². The summed E-state index contributed by atoms with van der Waals surface area (Å²) in [6.45, 7) is 3.25. The van der Waals surface area contributed by atoms with E-state index in [-0.39, 0.29) is 23.8 Å². The second-order valence-electron chi connectivity index (χ2n) is 6.55. The molecule has 2 fully saturated rings. The lowest BCUT2D eigenvalue weighted by Crippen LogP contribution is -2.56. The van der Waals surface area contributed by atoms with Crippen LogP contribution in [0, 0.1) is 12.8 Å². The molecule has 23 heavy (non-hydrogen) atoms. The molecule has 2 amide bonds. The molecule has 2 N–H and O–H groups in total. The van der Waals surface area contributed by atoms with Crippen LogP contribution >= 0.6 is 0 Å². The molecule has 0 spiro atoms. The second kappa shape index (κ2) is 5.37. The van der Waals surface area contributed by atoms with E-state index < -0.39 is 0 Å². The number of nitrogens with one attached hydrogen (secondary N) is 2. The van der Waals surface area contributed by atoms with Gasteiger partial charge in [0.25, 0.3) is 5.91 Å². The summed E-state index contributed by atoms with van der Waals surface area (Å²) >= 11 is 0. The topological polar surface area (TPSA) is 78.1 Å². The number of benzene rings is 1. The molecule has 120 valence electrons. The van der Waals surface area contributed by atoms with Crippen LogP contribution in [-0.2, 0) is 4.79 Å².